The van der Waals surface area contributed by atoms with Crippen molar-refractivity contribution in [1.29, 1.82) is 0 Å². The summed E-state index contributed by atoms with van der Waals surface area (Å²) in [5.41, 5.74) is 0. The van der Waals surface area contributed by atoms with Gasteiger partial charge in [-0.1, -0.05) is 13.8 Å². The maximum Gasteiger partial charge on any atom is 0.213 e. The van der Waals surface area contributed by atoms with Gasteiger partial charge in [0.2, 0.25) is 10.0 Å². The maximum absolute atomic E-state index is 11.7. The molecule has 0 aromatic heterocycles. The van der Waals surface area contributed by atoms with Crippen LogP contribution in [0.1, 0.15) is 33.1 Å². The summed E-state index contributed by atoms with van der Waals surface area (Å²) in [6, 6.07) is 0. The van der Waals surface area contributed by atoms with E-state index in [1.165, 1.54) is 4.31 Å². The lowest BCUT2D eigenvalue weighted by molar-refractivity contribution is 0.287. The third kappa shape index (κ3) is 6.87. The molecule has 0 aliphatic rings. The standard InChI is InChI=1S/C10H23NO3S/c1-10(2)6-7-11(3)15(13,14)9-5-4-8-12/h10,12H,4-9H2,1-3H3. The first-order valence-corrected chi connectivity index (χ1v) is 7.06. The van der Waals surface area contributed by atoms with Crippen molar-refractivity contribution in [1.82, 2.24) is 4.31 Å². The van der Waals surface area contributed by atoms with Gasteiger partial charge in [-0.05, 0) is 25.2 Å². The molecule has 0 aliphatic carbocycles. The van der Waals surface area contributed by atoms with Crippen molar-refractivity contribution in [3.8, 4) is 0 Å². The Morgan fingerprint density at radius 1 is 1.27 bits per heavy atom. The molecule has 0 atom stereocenters. The zero-order valence-corrected chi connectivity index (χ0v) is 10.8. The third-order valence-electron chi connectivity index (χ3n) is 2.31. The number of rotatable bonds is 8. The SMILES string of the molecule is CC(C)CCN(C)S(=O)(=O)CCCCO. The Labute approximate surface area is 93.3 Å². The van der Waals surface area contributed by atoms with Gasteiger partial charge in [0.15, 0.2) is 0 Å². The van der Waals surface area contributed by atoms with Crippen molar-refractivity contribution in [3.63, 3.8) is 0 Å². The number of nitrogens with zero attached hydrogens (tertiary/aromatic N) is 1. The minimum atomic E-state index is -3.11. The summed E-state index contributed by atoms with van der Waals surface area (Å²) in [5.74, 6) is 0.655. The van der Waals surface area contributed by atoms with Gasteiger partial charge in [0.1, 0.15) is 0 Å². The van der Waals surface area contributed by atoms with E-state index in [0.717, 1.165) is 6.42 Å². The molecule has 0 saturated heterocycles. The smallest absolute Gasteiger partial charge is 0.213 e. The predicted molar refractivity (Wildman–Crippen MR) is 62.2 cm³/mol. The van der Waals surface area contributed by atoms with E-state index in [2.05, 4.69) is 13.8 Å². The average Bonchev–Trinajstić information content (AvgIpc) is 2.14. The molecule has 0 amide bonds. The van der Waals surface area contributed by atoms with E-state index in [0.29, 0.717) is 25.3 Å². The molecule has 0 saturated carbocycles. The molecule has 0 spiro atoms. The fraction of sp³-hybridized carbons (Fsp3) is 1.00. The number of aliphatic hydroxyl groups excluding tert-OH is 1. The van der Waals surface area contributed by atoms with Crippen LogP contribution < -0.4 is 0 Å². The molecule has 0 aliphatic heterocycles. The predicted octanol–water partition coefficient (Wildman–Crippen LogP) is 1.07. The van der Waals surface area contributed by atoms with E-state index in [9.17, 15) is 8.42 Å². The highest BCUT2D eigenvalue weighted by atomic mass is 32.2. The fourth-order valence-electron chi connectivity index (χ4n) is 1.13. The molecule has 0 aromatic carbocycles. The van der Waals surface area contributed by atoms with Crippen molar-refractivity contribution in [2.24, 2.45) is 5.92 Å². The van der Waals surface area contributed by atoms with E-state index in [-0.39, 0.29) is 12.4 Å². The molecular formula is C10H23NO3S. The van der Waals surface area contributed by atoms with Crippen LogP contribution in [0.5, 0.6) is 0 Å². The van der Waals surface area contributed by atoms with Gasteiger partial charge in [0.05, 0.1) is 5.75 Å². The number of sulfonamides is 1. The second-order valence-corrected chi connectivity index (χ2v) is 6.45. The third-order valence-corrected chi connectivity index (χ3v) is 4.24. The Kier molecular flexibility index (Phi) is 7.13. The van der Waals surface area contributed by atoms with Crippen LogP contribution in [0, 0.1) is 5.92 Å². The maximum atomic E-state index is 11.7. The van der Waals surface area contributed by atoms with Gasteiger partial charge in [0.25, 0.3) is 0 Å². The van der Waals surface area contributed by atoms with Crippen molar-refractivity contribution in [2.75, 3.05) is 26.0 Å². The van der Waals surface area contributed by atoms with Crippen molar-refractivity contribution in [3.05, 3.63) is 0 Å². The molecule has 15 heavy (non-hydrogen) atoms. The molecule has 0 fully saturated rings. The normalized spacial score (nSPS) is 12.7. The second-order valence-electron chi connectivity index (χ2n) is 4.25. The summed E-state index contributed by atoms with van der Waals surface area (Å²) in [7, 11) is -1.48. The number of aliphatic hydroxyl groups is 1. The van der Waals surface area contributed by atoms with Gasteiger partial charge in [-0.15, -0.1) is 0 Å². The highest BCUT2D eigenvalue weighted by Gasteiger charge is 2.16. The Hall–Kier alpha value is -0.130. The number of unbranched alkanes of at least 4 members (excludes halogenated alkanes) is 1. The van der Waals surface area contributed by atoms with Crippen LogP contribution in [0.25, 0.3) is 0 Å². The van der Waals surface area contributed by atoms with Gasteiger partial charge in [-0.2, -0.15) is 0 Å². The van der Waals surface area contributed by atoms with E-state index < -0.39 is 10.0 Å². The van der Waals surface area contributed by atoms with Crippen LogP contribution in [0.3, 0.4) is 0 Å². The second kappa shape index (κ2) is 7.19. The Morgan fingerprint density at radius 2 is 1.87 bits per heavy atom. The zero-order valence-electron chi connectivity index (χ0n) is 9.94. The van der Waals surface area contributed by atoms with Gasteiger partial charge in [-0.3, -0.25) is 0 Å². The molecule has 92 valence electrons. The largest absolute Gasteiger partial charge is 0.396 e. The lowest BCUT2D eigenvalue weighted by Crippen LogP contribution is -2.30. The van der Waals surface area contributed by atoms with Gasteiger partial charge < -0.3 is 5.11 Å². The summed E-state index contributed by atoms with van der Waals surface area (Å²) in [5, 5.41) is 8.57. The lowest BCUT2D eigenvalue weighted by atomic mass is 10.1. The fourth-order valence-corrected chi connectivity index (χ4v) is 2.40. The van der Waals surface area contributed by atoms with Crippen LogP contribution in [-0.2, 0) is 10.0 Å². The number of hydrogen-bond acceptors (Lipinski definition) is 3. The van der Waals surface area contributed by atoms with Crippen LogP contribution in [-0.4, -0.2) is 43.8 Å². The van der Waals surface area contributed by atoms with E-state index >= 15 is 0 Å². The molecule has 0 aromatic rings. The highest BCUT2D eigenvalue weighted by Crippen LogP contribution is 2.06. The molecule has 0 bridgehead atoms. The van der Waals surface area contributed by atoms with E-state index in [4.69, 9.17) is 5.11 Å². The number of hydrogen-bond donors (Lipinski definition) is 1. The highest BCUT2D eigenvalue weighted by molar-refractivity contribution is 7.89. The molecular weight excluding hydrogens is 214 g/mol. The molecule has 0 unspecified atom stereocenters. The van der Waals surface area contributed by atoms with E-state index in [1.54, 1.807) is 7.05 Å². The topological polar surface area (TPSA) is 57.6 Å². The molecule has 1 N–H and O–H groups in total. The minimum Gasteiger partial charge on any atom is -0.396 e. The minimum absolute atomic E-state index is 0.0607. The van der Waals surface area contributed by atoms with Crippen molar-refractivity contribution < 1.29 is 13.5 Å². The lowest BCUT2D eigenvalue weighted by Gasteiger charge is -2.17. The quantitative estimate of drug-likeness (QED) is 0.642. The first-order valence-electron chi connectivity index (χ1n) is 5.45. The van der Waals surface area contributed by atoms with Crippen LogP contribution in [0.4, 0.5) is 0 Å². The van der Waals surface area contributed by atoms with Crippen molar-refractivity contribution in [2.45, 2.75) is 33.1 Å². The summed E-state index contributed by atoms with van der Waals surface area (Å²) in [6.45, 7) is 4.79. The monoisotopic (exact) mass is 237 g/mol. The summed E-state index contributed by atoms with van der Waals surface area (Å²) in [6.07, 6.45) is 1.97. The Balaban J connectivity index is 3.97. The first kappa shape index (κ1) is 14.9. The van der Waals surface area contributed by atoms with Gasteiger partial charge in [0, 0.05) is 20.2 Å². The Bertz CT molecular complexity index is 249. The average molecular weight is 237 g/mol. The van der Waals surface area contributed by atoms with Gasteiger partial charge >= 0.3 is 0 Å². The molecule has 0 rings (SSSR count). The molecule has 0 heterocycles. The van der Waals surface area contributed by atoms with Crippen LogP contribution in [0.2, 0.25) is 0 Å². The summed E-state index contributed by atoms with van der Waals surface area (Å²) >= 11 is 0. The Morgan fingerprint density at radius 3 is 2.33 bits per heavy atom. The van der Waals surface area contributed by atoms with Crippen LogP contribution >= 0.6 is 0 Å². The van der Waals surface area contributed by atoms with Crippen molar-refractivity contribution >= 4 is 10.0 Å². The molecule has 0 radical (unpaired) electrons. The van der Waals surface area contributed by atoms with E-state index in [1.807, 2.05) is 0 Å². The summed E-state index contributed by atoms with van der Waals surface area (Å²) in [4.78, 5) is 0. The first-order chi connectivity index (χ1) is 6.90. The van der Waals surface area contributed by atoms with Gasteiger partial charge in [-0.25, -0.2) is 12.7 Å². The summed E-state index contributed by atoms with van der Waals surface area (Å²) < 4.78 is 24.7. The zero-order chi connectivity index (χ0) is 11.9. The van der Waals surface area contributed by atoms with Crippen LogP contribution in [0.15, 0.2) is 0 Å². The molecule has 5 heteroatoms. The molecule has 4 nitrogen and oxygen atoms in total.